The van der Waals surface area contributed by atoms with Gasteiger partial charge in [-0.15, -0.1) is 11.8 Å². The van der Waals surface area contributed by atoms with Crippen molar-refractivity contribution in [3.8, 4) is 0 Å². The molecule has 1 aromatic rings. The van der Waals surface area contributed by atoms with Gasteiger partial charge in [0.05, 0.1) is 11.3 Å². The van der Waals surface area contributed by atoms with Gasteiger partial charge < -0.3 is 10.6 Å². The van der Waals surface area contributed by atoms with Crippen LogP contribution in [-0.4, -0.2) is 29.4 Å². The summed E-state index contributed by atoms with van der Waals surface area (Å²) in [5.74, 6) is 0.862. The maximum absolute atomic E-state index is 12.3. The van der Waals surface area contributed by atoms with Crippen LogP contribution in [0.4, 0.5) is 0 Å². The van der Waals surface area contributed by atoms with E-state index in [0.717, 1.165) is 11.1 Å². The molecule has 0 radical (unpaired) electrons. The highest BCUT2D eigenvalue weighted by molar-refractivity contribution is 8.00. The van der Waals surface area contributed by atoms with Gasteiger partial charge in [0.2, 0.25) is 11.8 Å². The molecule has 0 bridgehead atoms. The van der Waals surface area contributed by atoms with Crippen LogP contribution in [0.15, 0.2) is 24.3 Å². The van der Waals surface area contributed by atoms with Crippen LogP contribution < -0.4 is 10.6 Å². The van der Waals surface area contributed by atoms with Crippen molar-refractivity contribution in [2.45, 2.75) is 32.4 Å². The lowest BCUT2D eigenvalue weighted by molar-refractivity contribution is -0.128. The summed E-state index contributed by atoms with van der Waals surface area (Å²) < 4.78 is 0. The number of carbonyl (C=O) groups excluding carboxylic acids is 2. The summed E-state index contributed by atoms with van der Waals surface area (Å²) in [6, 6.07) is 7.55. The molecule has 2 N–H and O–H groups in total. The molecule has 1 heterocycles. The molecule has 4 nitrogen and oxygen atoms in total. The predicted octanol–water partition coefficient (Wildman–Crippen LogP) is 1.58. The average molecular weight is 292 g/mol. The van der Waals surface area contributed by atoms with Gasteiger partial charge in [-0.2, -0.15) is 0 Å². The number of hydrogen-bond acceptors (Lipinski definition) is 3. The van der Waals surface area contributed by atoms with Crippen molar-refractivity contribution in [1.29, 1.82) is 0 Å². The molecule has 0 aliphatic carbocycles. The smallest absolute Gasteiger partial charge is 0.244 e. The van der Waals surface area contributed by atoms with Gasteiger partial charge in [-0.05, 0) is 31.9 Å². The van der Waals surface area contributed by atoms with Gasteiger partial charge in [0.25, 0.3) is 0 Å². The summed E-state index contributed by atoms with van der Waals surface area (Å²) in [6.45, 7) is 5.98. The van der Waals surface area contributed by atoms with Gasteiger partial charge in [-0.3, -0.25) is 9.59 Å². The van der Waals surface area contributed by atoms with E-state index in [1.54, 1.807) is 0 Å². The number of nitrogens with one attached hydrogen (secondary N) is 2. The fourth-order valence-electron chi connectivity index (χ4n) is 2.42. The maximum Gasteiger partial charge on any atom is 0.244 e. The molecule has 2 amide bonds. The van der Waals surface area contributed by atoms with Crippen molar-refractivity contribution in [2.75, 3.05) is 11.5 Å². The Morgan fingerprint density at radius 2 is 2.10 bits per heavy atom. The summed E-state index contributed by atoms with van der Waals surface area (Å²) >= 11 is 1.49. The zero-order valence-electron chi connectivity index (χ0n) is 12.0. The third kappa shape index (κ3) is 3.33. The monoisotopic (exact) mass is 292 g/mol. The number of rotatable bonds is 3. The second-order valence-corrected chi connectivity index (χ2v) is 6.59. The van der Waals surface area contributed by atoms with Gasteiger partial charge in [-0.1, -0.05) is 24.3 Å². The molecule has 0 aromatic heterocycles. The van der Waals surface area contributed by atoms with E-state index >= 15 is 0 Å². The largest absolute Gasteiger partial charge is 0.345 e. The summed E-state index contributed by atoms with van der Waals surface area (Å²) in [5.41, 5.74) is 1.76. The van der Waals surface area contributed by atoms with E-state index in [4.69, 9.17) is 0 Å². The topological polar surface area (TPSA) is 58.2 Å². The first kappa shape index (κ1) is 14.9. The quantitative estimate of drug-likeness (QED) is 0.889. The lowest BCUT2D eigenvalue weighted by Crippen LogP contribution is -2.55. The number of carbonyl (C=O) groups is 2. The summed E-state index contributed by atoms with van der Waals surface area (Å²) in [4.78, 5) is 23.7. The Morgan fingerprint density at radius 1 is 1.40 bits per heavy atom. The highest BCUT2D eigenvalue weighted by atomic mass is 32.2. The van der Waals surface area contributed by atoms with Crippen LogP contribution >= 0.6 is 11.8 Å². The molecule has 1 aliphatic rings. The van der Waals surface area contributed by atoms with Crippen LogP contribution in [0.25, 0.3) is 0 Å². The molecule has 1 fully saturated rings. The van der Waals surface area contributed by atoms with Crippen LogP contribution in [0.2, 0.25) is 0 Å². The summed E-state index contributed by atoms with van der Waals surface area (Å²) in [6.07, 6.45) is 0. The van der Waals surface area contributed by atoms with Gasteiger partial charge >= 0.3 is 0 Å². The predicted molar refractivity (Wildman–Crippen MR) is 81.6 cm³/mol. The fourth-order valence-corrected chi connectivity index (χ4v) is 3.28. The molecule has 0 spiro atoms. The normalized spacial score (nSPS) is 19.4. The highest BCUT2D eigenvalue weighted by Gasteiger charge is 2.30. The van der Waals surface area contributed by atoms with Crippen molar-refractivity contribution in [1.82, 2.24) is 10.6 Å². The van der Waals surface area contributed by atoms with E-state index in [9.17, 15) is 9.59 Å². The minimum absolute atomic E-state index is 0.0740. The van der Waals surface area contributed by atoms with E-state index < -0.39 is 11.6 Å². The Kier molecular flexibility index (Phi) is 4.38. The second kappa shape index (κ2) is 5.87. The molecule has 1 aromatic carbocycles. The second-order valence-electron chi connectivity index (χ2n) is 5.56. The Bertz CT molecular complexity index is 528. The third-order valence-electron chi connectivity index (χ3n) is 3.42. The number of benzene rings is 1. The first-order valence-corrected chi connectivity index (χ1v) is 7.81. The minimum Gasteiger partial charge on any atom is -0.345 e. The van der Waals surface area contributed by atoms with E-state index in [-0.39, 0.29) is 11.8 Å². The van der Waals surface area contributed by atoms with Crippen molar-refractivity contribution in [3.05, 3.63) is 35.4 Å². The van der Waals surface area contributed by atoms with Crippen molar-refractivity contribution >= 4 is 23.6 Å². The Hall–Kier alpha value is -1.49. The summed E-state index contributed by atoms with van der Waals surface area (Å²) in [7, 11) is 0. The number of thioether (sulfide) groups is 1. The SMILES string of the molecule is Cc1ccccc1C(C)(C)NC(=O)[C@@H]1CSCC(=O)N1. The maximum atomic E-state index is 12.3. The molecule has 20 heavy (non-hydrogen) atoms. The van der Waals surface area contributed by atoms with Crippen molar-refractivity contribution in [2.24, 2.45) is 0 Å². The van der Waals surface area contributed by atoms with Gasteiger partial charge in [0.1, 0.15) is 6.04 Å². The van der Waals surface area contributed by atoms with E-state index in [1.165, 1.54) is 11.8 Å². The summed E-state index contributed by atoms with van der Waals surface area (Å²) in [5, 5.41) is 5.77. The zero-order chi connectivity index (χ0) is 14.8. The molecule has 1 atom stereocenters. The minimum atomic E-state index is -0.463. The fraction of sp³-hybridized carbons (Fsp3) is 0.467. The zero-order valence-corrected chi connectivity index (χ0v) is 12.8. The molecular weight excluding hydrogens is 272 g/mol. The Balaban J connectivity index is 2.10. The number of hydrogen-bond donors (Lipinski definition) is 2. The van der Waals surface area contributed by atoms with Crippen LogP contribution in [0.1, 0.15) is 25.0 Å². The molecule has 2 rings (SSSR count). The highest BCUT2D eigenvalue weighted by Crippen LogP contribution is 2.23. The molecule has 5 heteroatoms. The van der Waals surface area contributed by atoms with E-state index in [0.29, 0.717) is 11.5 Å². The Morgan fingerprint density at radius 3 is 2.75 bits per heavy atom. The lowest BCUT2D eigenvalue weighted by Gasteiger charge is -2.31. The van der Waals surface area contributed by atoms with Crippen molar-refractivity contribution in [3.63, 3.8) is 0 Å². The third-order valence-corrected chi connectivity index (χ3v) is 4.46. The van der Waals surface area contributed by atoms with Gasteiger partial charge in [0, 0.05) is 5.75 Å². The first-order chi connectivity index (χ1) is 9.40. The number of amides is 2. The standard InChI is InChI=1S/C15H20N2O2S/c1-10-6-4-5-7-11(10)15(2,3)17-14(19)12-8-20-9-13(18)16-12/h4-7,12H,8-9H2,1-3H3,(H,16,18)(H,17,19)/t12-/m0/s1. The van der Waals surface area contributed by atoms with E-state index in [2.05, 4.69) is 10.6 Å². The molecular formula is C15H20N2O2S. The van der Waals surface area contributed by atoms with E-state index in [1.807, 2.05) is 45.0 Å². The molecule has 0 unspecified atom stereocenters. The molecule has 108 valence electrons. The van der Waals surface area contributed by atoms with Crippen LogP contribution in [-0.2, 0) is 15.1 Å². The van der Waals surface area contributed by atoms with Gasteiger partial charge in [-0.25, -0.2) is 0 Å². The average Bonchev–Trinajstić information content (AvgIpc) is 2.38. The Labute approximate surface area is 123 Å². The van der Waals surface area contributed by atoms with Gasteiger partial charge in [0.15, 0.2) is 0 Å². The first-order valence-electron chi connectivity index (χ1n) is 6.65. The van der Waals surface area contributed by atoms with Crippen LogP contribution in [0.5, 0.6) is 0 Å². The van der Waals surface area contributed by atoms with Crippen LogP contribution in [0, 0.1) is 6.92 Å². The molecule has 1 saturated heterocycles. The molecule has 1 aliphatic heterocycles. The van der Waals surface area contributed by atoms with Crippen LogP contribution in [0.3, 0.4) is 0 Å². The molecule has 0 saturated carbocycles. The van der Waals surface area contributed by atoms with Crippen molar-refractivity contribution < 1.29 is 9.59 Å². The lowest BCUT2D eigenvalue weighted by atomic mass is 9.90. The number of aryl methyl sites for hydroxylation is 1.